The minimum atomic E-state index is -0.651. The van der Waals surface area contributed by atoms with Crippen LogP contribution >= 0.6 is 11.6 Å². The summed E-state index contributed by atoms with van der Waals surface area (Å²) >= 11 is 5.96. The van der Waals surface area contributed by atoms with Gasteiger partial charge in [-0.15, -0.1) is 0 Å². The number of ether oxygens (including phenoxy) is 2. The van der Waals surface area contributed by atoms with Crippen molar-refractivity contribution in [1.29, 1.82) is 0 Å². The highest BCUT2D eigenvalue weighted by molar-refractivity contribution is 6.30. The molecular weight excluding hydrogens is 362 g/mol. The van der Waals surface area contributed by atoms with Gasteiger partial charge in [0.15, 0.2) is 0 Å². The van der Waals surface area contributed by atoms with Crippen LogP contribution in [-0.2, 0) is 0 Å². The van der Waals surface area contributed by atoms with Crippen LogP contribution in [0.3, 0.4) is 0 Å². The molecular formula is C17H16ClN3O5. The van der Waals surface area contributed by atoms with Gasteiger partial charge in [-0.25, -0.2) is 5.43 Å². The second kappa shape index (κ2) is 8.82. The largest absolute Gasteiger partial charge is 0.496 e. The zero-order chi connectivity index (χ0) is 19.1. The first-order chi connectivity index (χ1) is 12.5. The fourth-order valence-corrected chi connectivity index (χ4v) is 2.30. The van der Waals surface area contributed by atoms with E-state index in [0.29, 0.717) is 22.9 Å². The van der Waals surface area contributed by atoms with Crippen molar-refractivity contribution in [2.45, 2.75) is 6.92 Å². The summed E-state index contributed by atoms with van der Waals surface area (Å²) in [6, 6.07) is 8.72. The van der Waals surface area contributed by atoms with Gasteiger partial charge in [0.2, 0.25) is 0 Å². The SMILES string of the molecule is CCOc1ccc(Cl)cc1/C=N\NC(=O)c1cc([N+](=O)[O-])ccc1OC. The number of nitrogens with one attached hydrogen (secondary N) is 1. The predicted molar refractivity (Wildman–Crippen MR) is 97.3 cm³/mol. The van der Waals surface area contributed by atoms with E-state index in [-0.39, 0.29) is 17.0 Å². The number of benzene rings is 2. The first kappa shape index (κ1) is 19.2. The third-order valence-corrected chi connectivity index (χ3v) is 3.52. The van der Waals surface area contributed by atoms with Gasteiger partial charge < -0.3 is 9.47 Å². The third-order valence-electron chi connectivity index (χ3n) is 3.28. The van der Waals surface area contributed by atoms with E-state index in [1.165, 1.54) is 25.5 Å². The fraction of sp³-hybridized carbons (Fsp3) is 0.176. The number of carbonyl (C=O) groups excluding carboxylic acids is 1. The number of carbonyl (C=O) groups is 1. The smallest absolute Gasteiger partial charge is 0.275 e. The van der Waals surface area contributed by atoms with Gasteiger partial charge in [-0.2, -0.15) is 5.10 Å². The minimum absolute atomic E-state index is 0.00465. The highest BCUT2D eigenvalue weighted by Crippen LogP contribution is 2.24. The van der Waals surface area contributed by atoms with Crippen LogP contribution in [0.15, 0.2) is 41.5 Å². The summed E-state index contributed by atoms with van der Waals surface area (Å²) < 4.78 is 10.5. The molecule has 136 valence electrons. The molecule has 2 aromatic carbocycles. The monoisotopic (exact) mass is 377 g/mol. The number of nitro benzene ring substituents is 1. The quantitative estimate of drug-likeness (QED) is 0.452. The summed E-state index contributed by atoms with van der Waals surface area (Å²) in [5, 5.41) is 15.2. The van der Waals surface area contributed by atoms with Crippen molar-refractivity contribution in [3.63, 3.8) is 0 Å². The number of hydrazone groups is 1. The van der Waals surface area contributed by atoms with E-state index in [2.05, 4.69) is 10.5 Å². The number of nitro groups is 1. The first-order valence-electron chi connectivity index (χ1n) is 7.54. The topological polar surface area (TPSA) is 103 Å². The summed E-state index contributed by atoms with van der Waals surface area (Å²) in [6.07, 6.45) is 1.37. The number of rotatable bonds is 7. The van der Waals surface area contributed by atoms with Crippen molar-refractivity contribution in [1.82, 2.24) is 5.43 Å². The van der Waals surface area contributed by atoms with Crippen molar-refractivity contribution in [2.75, 3.05) is 13.7 Å². The highest BCUT2D eigenvalue weighted by atomic mass is 35.5. The standard InChI is InChI=1S/C17H16ClN3O5/c1-3-26-15-6-4-12(18)8-11(15)10-19-20-17(22)14-9-13(21(23)24)5-7-16(14)25-2/h4-10H,3H2,1-2H3,(H,20,22)/b19-10-. The number of hydrogen-bond acceptors (Lipinski definition) is 6. The third kappa shape index (κ3) is 4.70. The van der Waals surface area contributed by atoms with Crippen LogP contribution in [0.1, 0.15) is 22.8 Å². The Labute approximate surface area is 154 Å². The van der Waals surface area contributed by atoms with Gasteiger partial charge in [-0.1, -0.05) is 11.6 Å². The number of hydrogen-bond donors (Lipinski definition) is 1. The molecule has 1 amide bonds. The molecule has 26 heavy (non-hydrogen) atoms. The van der Waals surface area contributed by atoms with E-state index in [9.17, 15) is 14.9 Å². The number of halogens is 1. The van der Waals surface area contributed by atoms with Crippen LogP contribution < -0.4 is 14.9 Å². The molecule has 0 atom stereocenters. The van der Waals surface area contributed by atoms with Crippen molar-refractivity contribution < 1.29 is 19.2 Å². The van der Waals surface area contributed by atoms with Gasteiger partial charge >= 0.3 is 0 Å². The van der Waals surface area contributed by atoms with E-state index in [4.69, 9.17) is 21.1 Å². The van der Waals surface area contributed by atoms with Crippen LogP contribution in [-0.4, -0.2) is 30.8 Å². The molecule has 0 radical (unpaired) electrons. The van der Waals surface area contributed by atoms with Gasteiger partial charge in [0.05, 0.1) is 30.4 Å². The molecule has 0 fully saturated rings. The Hall–Kier alpha value is -3.13. The molecule has 2 aromatic rings. The highest BCUT2D eigenvalue weighted by Gasteiger charge is 2.17. The van der Waals surface area contributed by atoms with Gasteiger partial charge in [-0.3, -0.25) is 14.9 Å². The van der Waals surface area contributed by atoms with Crippen LogP contribution in [0.5, 0.6) is 11.5 Å². The lowest BCUT2D eigenvalue weighted by Gasteiger charge is -2.08. The molecule has 0 aliphatic heterocycles. The van der Waals surface area contributed by atoms with E-state index in [0.717, 1.165) is 6.07 Å². The molecule has 0 aromatic heterocycles. The van der Waals surface area contributed by atoms with E-state index < -0.39 is 10.8 Å². The van der Waals surface area contributed by atoms with Crippen molar-refractivity contribution >= 4 is 29.4 Å². The minimum Gasteiger partial charge on any atom is -0.496 e. The molecule has 2 rings (SSSR count). The summed E-state index contributed by atoms with van der Waals surface area (Å²) in [5.41, 5.74) is 2.65. The van der Waals surface area contributed by atoms with Crippen LogP contribution in [0, 0.1) is 10.1 Å². The fourth-order valence-electron chi connectivity index (χ4n) is 2.11. The first-order valence-corrected chi connectivity index (χ1v) is 7.92. The van der Waals surface area contributed by atoms with Gasteiger partial charge in [0.25, 0.3) is 11.6 Å². The maximum Gasteiger partial charge on any atom is 0.275 e. The predicted octanol–water partition coefficient (Wildman–Crippen LogP) is 3.42. The maximum atomic E-state index is 12.3. The Kier molecular flexibility index (Phi) is 6.51. The van der Waals surface area contributed by atoms with Crippen molar-refractivity contribution in [3.05, 3.63) is 62.7 Å². The van der Waals surface area contributed by atoms with E-state index in [1.54, 1.807) is 18.2 Å². The van der Waals surface area contributed by atoms with Crippen molar-refractivity contribution in [3.8, 4) is 11.5 Å². The van der Waals surface area contributed by atoms with Gasteiger partial charge in [0.1, 0.15) is 11.5 Å². The zero-order valence-corrected chi connectivity index (χ0v) is 14.8. The molecule has 0 bridgehead atoms. The van der Waals surface area contributed by atoms with Crippen LogP contribution in [0.4, 0.5) is 5.69 Å². The Morgan fingerprint density at radius 2 is 2.04 bits per heavy atom. The van der Waals surface area contributed by atoms with Gasteiger partial charge in [0, 0.05) is 22.7 Å². The Morgan fingerprint density at radius 1 is 1.31 bits per heavy atom. The lowest BCUT2D eigenvalue weighted by molar-refractivity contribution is -0.384. The van der Waals surface area contributed by atoms with Crippen LogP contribution in [0.25, 0.3) is 0 Å². The molecule has 0 aliphatic rings. The molecule has 0 saturated heterocycles. The lowest BCUT2D eigenvalue weighted by Crippen LogP contribution is -2.18. The number of amides is 1. The normalized spacial score (nSPS) is 10.6. The zero-order valence-electron chi connectivity index (χ0n) is 14.1. The summed E-state index contributed by atoms with van der Waals surface area (Å²) in [5.74, 6) is 0.102. The summed E-state index contributed by atoms with van der Waals surface area (Å²) in [7, 11) is 1.36. The molecule has 0 spiro atoms. The number of methoxy groups -OCH3 is 1. The second-order valence-electron chi connectivity index (χ2n) is 4.96. The summed E-state index contributed by atoms with van der Waals surface area (Å²) in [6.45, 7) is 2.30. The van der Waals surface area contributed by atoms with E-state index >= 15 is 0 Å². The average Bonchev–Trinajstić information content (AvgIpc) is 2.63. The molecule has 1 N–H and O–H groups in total. The van der Waals surface area contributed by atoms with Crippen LogP contribution in [0.2, 0.25) is 5.02 Å². The Balaban J connectivity index is 2.21. The average molecular weight is 378 g/mol. The maximum absolute atomic E-state index is 12.3. The number of nitrogens with zero attached hydrogens (tertiary/aromatic N) is 2. The molecule has 9 heteroatoms. The Bertz CT molecular complexity index is 854. The molecule has 0 heterocycles. The second-order valence-corrected chi connectivity index (χ2v) is 5.39. The molecule has 0 aliphatic carbocycles. The van der Waals surface area contributed by atoms with E-state index in [1.807, 2.05) is 6.92 Å². The Morgan fingerprint density at radius 3 is 2.69 bits per heavy atom. The molecule has 0 unspecified atom stereocenters. The van der Waals surface area contributed by atoms with Gasteiger partial charge in [-0.05, 0) is 31.2 Å². The molecule has 0 saturated carbocycles. The van der Waals surface area contributed by atoms with Crippen molar-refractivity contribution in [2.24, 2.45) is 5.10 Å². The lowest BCUT2D eigenvalue weighted by atomic mass is 10.1. The summed E-state index contributed by atoms with van der Waals surface area (Å²) in [4.78, 5) is 22.6. The molecule has 8 nitrogen and oxygen atoms in total. The number of non-ortho nitro benzene ring substituents is 1.